The molecule has 1 saturated carbocycles. The molecule has 1 aromatic rings. The summed E-state index contributed by atoms with van der Waals surface area (Å²) in [4.78, 5) is 14.9. The van der Waals surface area contributed by atoms with E-state index in [0.717, 1.165) is 43.5 Å². The molecule has 2 saturated heterocycles. The number of halogens is 1. The number of rotatable bonds is 3. The van der Waals surface area contributed by atoms with E-state index < -0.39 is 0 Å². The van der Waals surface area contributed by atoms with Crippen LogP contribution in [0.1, 0.15) is 25.7 Å². The first-order valence-corrected chi connectivity index (χ1v) is 9.47. The minimum atomic E-state index is 0.270. The molecule has 2 N–H and O–H groups in total. The number of nitrogens with one attached hydrogen (secondary N) is 2. The molecule has 1 amide bonds. The maximum absolute atomic E-state index is 12.6. The lowest BCUT2D eigenvalue weighted by atomic mass is 9.91. The molecule has 2 aliphatic heterocycles. The molecule has 3 aliphatic rings. The molecule has 1 aliphatic carbocycles. The summed E-state index contributed by atoms with van der Waals surface area (Å²) < 4.78 is 1.10. The van der Waals surface area contributed by atoms with Crippen LogP contribution in [0.25, 0.3) is 0 Å². The Balaban J connectivity index is 1.31. The van der Waals surface area contributed by atoms with Crippen molar-refractivity contribution in [3.05, 3.63) is 28.7 Å². The van der Waals surface area contributed by atoms with E-state index in [0.29, 0.717) is 17.4 Å². The lowest BCUT2D eigenvalue weighted by Gasteiger charge is -2.24. The number of carbonyl (C=O) groups is 1. The maximum Gasteiger partial charge on any atom is 0.223 e. The van der Waals surface area contributed by atoms with Gasteiger partial charge in [0.15, 0.2) is 0 Å². The SMILES string of the molecule is O=C(NC1CCN(c2ccc(Br)cc2)C1)C1CC12CCNCC2. The third kappa shape index (κ3) is 3.13. The predicted octanol–water partition coefficient (Wildman–Crippen LogP) is 2.53. The lowest BCUT2D eigenvalue weighted by molar-refractivity contribution is -0.123. The van der Waals surface area contributed by atoms with Crippen LogP contribution < -0.4 is 15.5 Å². The average molecular weight is 378 g/mol. The van der Waals surface area contributed by atoms with Crippen LogP contribution in [0.4, 0.5) is 5.69 Å². The predicted molar refractivity (Wildman–Crippen MR) is 95.5 cm³/mol. The van der Waals surface area contributed by atoms with Crippen molar-refractivity contribution in [1.82, 2.24) is 10.6 Å². The number of benzene rings is 1. The van der Waals surface area contributed by atoms with Crippen molar-refractivity contribution in [2.24, 2.45) is 11.3 Å². The minimum Gasteiger partial charge on any atom is -0.369 e. The summed E-state index contributed by atoms with van der Waals surface area (Å²) in [6.07, 6.45) is 4.48. The monoisotopic (exact) mass is 377 g/mol. The van der Waals surface area contributed by atoms with E-state index in [4.69, 9.17) is 0 Å². The molecule has 3 fully saturated rings. The van der Waals surface area contributed by atoms with Crippen LogP contribution in [0, 0.1) is 11.3 Å². The van der Waals surface area contributed by atoms with Crippen LogP contribution in [-0.2, 0) is 4.79 Å². The van der Waals surface area contributed by atoms with Gasteiger partial charge in [0.2, 0.25) is 5.91 Å². The Morgan fingerprint density at radius 1 is 1.26 bits per heavy atom. The Morgan fingerprint density at radius 2 is 2.00 bits per heavy atom. The second kappa shape index (κ2) is 6.10. The largest absolute Gasteiger partial charge is 0.369 e. The van der Waals surface area contributed by atoms with Crippen molar-refractivity contribution in [1.29, 1.82) is 0 Å². The lowest BCUT2D eigenvalue weighted by Crippen LogP contribution is -2.40. The number of carbonyl (C=O) groups excluding carboxylic acids is 1. The van der Waals surface area contributed by atoms with Gasteiger partial charge in [-0.1, -0.05) is 15.9 Å². The highest BCUT2D eigenvalue weighted by Crippen LogP contribution is 2.58. The second-order valence-electron chi connectivity index (χ2n) is 7.29. The Hall–Kier alpha value is -1.07. The minimum absolute atomic E-state index is 0.270. The van der Waals surface area contributed by atoms with Crippen LogP contribution in [0.3, 0.4) is 0 Å². The molecule has 23 heavy (non-hydrogen) atoms. The molecule has 1 spiro atoms. The highest BCUT2D eigenvalue weighted by atomic mass is 79.9. The first-order chi connectivity index (χ1) is 11.2. The number of nitrogens with zero attached hydrogens (tertiary/aromatic N) is 1. The van der Waals surface area contributed by atoms with Crippen molar-refractivity contribution < 1.29 is 4.79 Å². The molecular weight excluding hydrogens is 354 g/mol. The Bertz CT molecular complexity index is 582. The van der Waals surface area contributed by atoms with E-state index in [1.165, 1.54) is 18.5 Å². The molecule has 1 aromatic carbocycles. The summed E-state index contributed by atoms with van der Waals surface area (Å²) in [6, 6.07) is 8.72. The van der Waals surface area contributed by atoms with E-state index in [9.17, 15) is 4.79 Å². The fraction of sp³-hybridized carbons (Fsp3) is 0.611. The molecule has 4 nitrogen and oxygen atoms in total. The van der Waals surface area contributed by atoms with Crippen molar-refractivity contribution in [3.8, 4) is 0 Å². The van der Waals surface area contributed by atoms with Crippen molar-refractivity contribution in [2.75, 3.05) is 31.1 Å². The number of piperidine rings is 1. The standard InChI is InChI=1S/C18H24BrN3O/c19-13-1-3-15(4-2-13)22-10-5-14(12-22)21-17(23)16-11-18(16)6-8-20-9-7-18/h1-4,14,16,20H,5-12H2,(H,21,23). The summed E-state index contributed by atoms with van der Waals surface area (Å²) in [5, 5.41) is 6.71. The molecule has 124 valence electrons. The fourth-order valence-corrected chi connectivity index (χ4v) is 4.53. The quantitative estimate of drug-likeness (QED) is 0.850. The Labute approximate surface area is 146 Å². The molecule has 0 aromatic heterocycles. The highest BCUT2D eigenvalue weighted by molar-refractivity contribution is 9.10. The van der Waals surface area contributed by atoms with E-state index in [1.807, 2.05) is 0 Å². The van der Waals surface area contributed by atoms with Gasteiger partial charge in [0.05, 0.1) is 0 Å². The molecule has 2 unspecified atom stereocenters. The number of anilines is 1. The van der Waals surface area contributed by atoms with Crippen molar-refractivity contribution >= 4 is 27.5 Å². The van der Waals surface area contributed by atoms with Gasteiger partial charge in [0.1, 0.15) is 0 Å². The van der Waals surface area contributed by atoms with Crippen LogP contribution in [-0.4, -0.2) is 38.1 Å². The smallest absolute Gasteiger partial charge is 0.223 e. The van der Waals surface area contributed by atoms with Crippen LogP contribution in [0.15, 0.2) is 28.7 Å². The zero-order chi connectivity index (χ0) is 15.9. The number of hydrogen-bond acceptors (Lipinski definition) is 3. The van der Waals surface area contributed by atoms with E-state index >= 15 is 0 Å². The second-order valence-corrected chi connectivity index (χ2v) is 8.20. The van der Waals surface area contributed by atoms with Gasteiger partial charge >= 0.3 is 0 Å². The van der Waals surface area contributed by atoms with Crippen molar-refractivity contribution in [3.63, 3.8) is 0 Å². The number of amides is 1. The van der Waals surface area contributed by atoms with Gasteiger partial charge in [-0.3, -0.25) is 4.79 Å². The highest BCUT2D eigenvalue weighted by Gasteiger charge is 2.57. The van der Waals surface area contributed by atoms with Gasteiger partial charge in [-0.15, -0.1) is 0 Å². The summed E-state index contributed by atoms with van der Waals surface area (Å²) >= 11 is 3.48. The first kappa shape index (κ1) is 15.5. The van der Waals surface area contributed by atoms with E-state index in [-0.39, 0.29) is 5.92 Å². The first-order valence-electron chi connectivity index (χ1n) is 8.68. The zero-order valence-electron chi connectivity index (χ0n) is 13.4. The van der Waals surface area contributed by atoms with E-state index in [1.54, 1.807) is 0 Å². The topological polar surface area (TPSA) is 44.4 Å². The Kier molecular flexibility index (Phi) is 4.10. The van der Waals surface area contributed by atoms with Crippen LogP contribution in [0.2, 0.25) is 0 Å². The summed E-state index contributed by atoms with van der Waals surface area (Å²) in [5.74, 6) is 0.570. The molecule has 0 bridgehead atoms. The van der Waals surface area contributed by atoms with Crippen LogP contribution >= 0.6 is 15.9 Å². The molecular formula is C18H24BrN3O. The average Bonchev–Trinajstić information content (AvgIpc) is 3.04. The molecule has 0 radical (unpaired) electrons. The van der Waals surface area contributed by atoms with Gasteiger partial charge in [-0.25, -0.2) is 0 Å². The zero-order valence-corrected chi connectivity index (χ0v) is 14.9. The molecule has 2 atom stereocenters. The van der Waals surface area contributed by atoms with Crippen LogP contribution in [0.5, 0.6) is 0 Å². The van der Waals surface area contributed by atoms with E-state index in [2.05, 4.69) is 55.7 Å². The third-order valence-electron chi connectivity index (χ3n) is 5.83. The third-order valence-corrected chi connectivity index (χ3v) is 6.36. The summed E-state index contributed by atoms with van der Waals surface area (Å²) in [6.45, 7) is 4.09. The molecule has 5 heteroatoms. The summed E-state index contributed by atoms with van der Waals surface area (Å²) in [7, 11) is 0. The van der Waals surface area contributed by atoms with Gasteiger partial charge in [-0.05, 0) is 68.5 Å². The summed E-state index contributed by atoms with van der Waals surface area (Å²) in [5.41, 5.74) is 1.57. The van der Waals surface area contributed by atoms with Gasteiger partial charge in [0, 0.05) is 35.2 Å². The van der Waals surface area contributed by atoms with Gasteiger partial charge in [0.25, 0.3) is 0 Å². The molecule has 4 rings (SSSR count). The van der Waals surface area contributed by atoms with Gasteiger partial charge in [-0.2, -0.15) is 0 Å². The fourth-order valence-electron chi connectivity index (χ4n) is 4.26. The maximum atomic E-state index is 12.6. The Morgan fingerprint density at radius 3 is 2.74 bits per heavy atom. The van der Waals surface area contributed by atoms with Crippen molar-refractivity contribution in [2.45, 2.75) is 31.7 Å². The molecule has 2 heterocycles. The number of hydrogen-bond donors (Lipinski definition) is 2. The normalized spacial score (nSPS) is 28.8. The van der Waals surface area contributed by atoms with Gasteiger partial charge < -0.3 is 15.5 Å².